The van der Waals surface area contributed by atoms with E-state index in [-0.39, 0.29) is 0 Å². The second kappa shape index (κ2) is 4.57. The predicted octanol–water partition coefficient (Wildman–Crippen LogP) is 1.79. The molecule has 58 valence electrons. The highest BCUT2D eigenvalue weighted by atomic mass is 32.2. The third kappa shape index (κ3) is 2.11. The first-order chi connectivity index (χ1) is 4.88. The molecular weight excluding hydrogens is 161 g/mol. The molecular formula is C6H14BNS2. The summed E-state index contributed by atoms with van der Waals surface area (Å²) in [4.78, 5) is 2.52. The molecule has 1 saturated heterocycles. The molecule has 0 atom stereocenters. The Balaban J connectivity index is 2.29. The summed E-state index contributed by atoms with van der Waals surface area (Å²) in [6.07, 6.45) is 0. The molecule has 1 nitrogen and oxygen atoms in total. The zero-order chi connectivity index (χ0) is 7.40. The molecule has 4 heteroatoms. The maximum absolute atomic E-state index is 2.52. The summed E-state index contributed by atoms with van der Waals surface area (Å²) in [7, 11) is 0. The standard InChI is InChI=1S/C6H14BNS2/c1-3-8(4-2)7-9-5-6-10-7/h3-6H2,1-2H3. The van der Waals surface area contributed by atoms with Crippen LogP contribution in [-0.2, 0) is 0 Å². The van der Waals surface area contributed by atoms with Crippen LogP contribution in [-0.4, -0.2) is 34.8 Å². The van der Waals surface area contributed by atoms with Crippen molar-refractivity contribution in [3.8, 4) is 0 Å². The molecule has 0 bridgehead atoms. The molecule has 1 heterocycles. The van der Waals surface area contributed by atoms with Crippen molar-refractivity contribution >= 4 is 28.6 Å². The van der Waals surface area contributed by atoms with Gasteiger partial charge in [-0.15, -0.1) is 0 Å². The van der Waals surface area contributed by atoms with Gasteiger partial charge in [-0.2, -0.15) is 23.2 Å². The molecule has 1 aliphatic heterocycles. The molecule has 0 saturated carbocycles. The first-order valence-corrected chi connectivity index (χ1v) is 5.95. The van der Waals surface area contributed by atoms with Crippen LogP contribution in [0.4, 0.5) is 0 Å². The highest BCUT2D eigenvalue weighted by Crippen LogP contribution is 2.30. The second-order valence-electron chi connectivity index (χ2n) is 2.27. The van der Waals surface area contributed by atoms with E-state index in [4.69, 9.17) is 0 Å². The number of hydrogen-bond donors (Lipinski definition) is 0. The summed E-state index contributed by atoms with van der Waals surface area (Å²) >= 11 is 4.18. The van der Waals surface area contributed by atoms with E-state index in [1.54, 1.807) is 0 Å². The second-order valence-corrected chi connectivity index (χ2v) is 4.94. The molecule has 0 spiro atoms. The highest BCUT2D eigenvalue weighted by molar-refractivity contribution is 8.56. The Labute approximate surface area is 72.2 Å². The third-order valence-electron chi connectivity index (χ3n) is 1.71. The van der Waals surface area contributed by atoms with Gasteiger partial charge in [-0.1, -0.05) is 13.8 Å². The van der Waals surface area contributed by atoms with E-state index in [1.165, 1.54) is 24.6 Å². The fourth-order valence-corrected chi connectivity index (χ4v) is 4.23. The van der Waals surface area contributed by atoms with Crippen LogP contribution in [0.15, 0.2) is 0 Å². The largest absolute Gasteiger partial charge is 0.361 e. The van der Waals surface area contributed by atoms with Crippen LogP contribution in [0.3, 0.4) is 0 Å². The lowest BCUT2D eigenvalue weighted by Gasteiger charge is -2.20. The van der Waals surface area contributed by atoms with E-state index in [2.05, 4.69) is 41.9 Å². The van der Waals surface area contributed by atoms with Crippen LogP contribution < -0.4 is 0 Å². The smallest absolute Gasteiger partial charge is 0.324 e. The van der Waals surface area contributed by atoms with Gasteiger partial charge in [0.15, 0.2) is 0 Å². The predicted molar refractivity (Wildman–Crippen MR) is 53.6 cm³/mol. The molecule has 0 aromatic heterocycles. The van der Waals surface area contributed by atoms with E-state index in [1.807, 2.05) is 0 Å². The topological polar surface area (TPSA) is 3.24 Å². The van der Waals surface area contributed by atoms with Crippen LogP contribution >= 0.6 is 23.2 Å². The maximum atomic E-state index is 2.52. The van der Waals surface area contributed by atoms with Crippen molar-refractivity contribution in [1.82, 2.24) is 4.81 Å². The van der Waals surface area contributed by atoms with Gasteiger partial charge in [-0.25, -0.2) is 0 Å². The van der Waals surface area contributed by atoms with Crippen molar-refractivity contribution in [3.05, 3.63) is 0 Å². The average Bonchev–Trinajstić information content (AvgIpc) is 2.43. The van der Waals surface area contributed by atoms with Gasteiger partial charge in [-0.3, -0.25) is 0 Å². The normalized spacial score (nSPS) is 18.9. The average molecular weight is 175 g/mol. The van der Waals surface area contributed by atoms with Gasteiger partial charge in [0.1, 0.15) is 0 Å². The first kappa shape index (κ1) is 8.82. The van der Waals surface area contributed by atoms with Crippen LogP contribution in [0.1, 0.15) is 13.8 Å². The monoisotopic (exact) mass is 175 g/mol. The Hall–Kier alpha value is 0.725. The molecule has 0 N–H and O–H groups in total. The Morgan fingerprint density at radius 2 is 1.70 bits per heavy atom. The van der Waals surface area contributed by atoms with Gasteiger partial charge in [-0.05, 0) is 24.6 Å². The molecule has 0 radical (unpaired) electrons. The first-order valence-electron chi connectivity index (χ1n) is 3.85. The SMILES string of the molecule is CCN(CC)B1SCCS1. The molecule has 0 aromatic carbocycles. The maximum Gasteiger partial charge on any atom is 0.361 e. The van der Waals surface area contributed by atoms with E-state index >= 15 is 0 Å². The highest BCUT2D eigenvalue weighted by Gasteiger charge is 2.26. The fourth-order valence-electron chi connectivity index (χ4n) is 1.08. The third-order valence-corrected chi connectivity index (χ3v) is 4.84. The zero-order valence-electron chi connectivity index (χ0n) is 6.67. The minimum absolute atomic E-state index is 0.759. The van der Waals surface area contributed by atoms with Crippen molar-refractivity contribution in [3.63, 3.8) is 0 Å². The molecule has 0 aromatic rings. The van der Waals surface area contributed by atoms with Gasteiger partial charge < -0.3 is 4.81 Å². The van der Waals surface area contributed by atoms with Gasteiger partial charge in [0.2, 0.25) is 0 Å². The van der Waals surface area contributed by atoms with Gasteiger partial charge in [0, 0.05) is 0 Å². The van der Waals surface area contributed by atoms with Crippen molar-refractivity contribution in [2.45, 2.75) is 13.8 Å². The Kier molecular flexibility index (Phi) is 4.03. The van der Waals surface area contributed by atoms with Crippen LogP contribution in [0.2, 0.25) is 0 Å². The van der Waals surface area contributed by atoms with Crippen molar-refractivity contribution in [1.29, 1.82) is 0 Å². The van der Waals surface area contributed by atoms with Crippen LogP contribution in [0.25, 0.3) is 0 Å². The van der Waals surface area contributed by atoms with E-state index in [9.17, 15) is 0 Å². The number of rotatable bonds is 3. The minimum Gasteiger partial charge on any atom is -0.324 e. The lowest BCUT2D eigenvalue weighted by Crippen LogP contribution is -2.32. The summed E-state index contributed by atoms with van der Waals surface area (Å²) in [6.45, 7) is 6.87. The Morgan fingerprint density at radius 1 is 1.20 bits per heavy atom. The van der Waals surface area contributed by atoms with Crippen LogP contribution in [0.5, 0.6) is 0 Å². The lowest BCUT2D eigenvalue weighted by atomic mass is 10.2. The quantitative estimate of drug-likeness (QED) is 0.602. The van der Waals surface area contributed by atoms with Gasteiger partial charge in [0.05, 0.1) is 0 Å². The Morgan fingerprint density at radius 3 is 2.10 bits per heavy atom. The summed E-state index contributed by atoms with van der Waals surface area (Å²) < 4.78 is 0. The molecule has 1 rings (SSSR count). The summed E-state index contributed by atoms with van der Waals surface area (Å²) in [6, 6.07) is 0. The summed E-state index contributed by atoms with van der Waals surface area (Å²) in [5.41, 5.74) is 0. The molecule has 0 unspecified atom stereocenters. The molecule has 0 amide bonds. The van der Waals surface area contributed by atoms with Crippen molar-refractivity contribution in [2.75, 3.05) is 24.6 Å². The van der Waals surface area contributed by atoms with E-state index in [0.29, 0.717) is 0 Å². The summed E-state index contributed by atoms with van der Waals surface area (Å²) in [5.74, 6) is 2.68. The number of nitrogens with zero attached hydrogens (tertiary/aromatic N) is 1. The molecule has 1 aliphatic rings. The Bertz CT molecular complexity index is 91.7. The minimum atomic E-state index is 0.759. The van der Waals surface area contributed by atoms with Crippen LogP contribution in [0, 0.1) is 0 Å². The number of hydrogen-bond acceptors (Lipinski definition) is 3. The molecule has 1 fully saturated rings. The van der Waals surface area contributed by atoms with Gasteiger partial charge in [0.25, 0.3) is 0 Å². The summed E-state index contributed by atoms with van der Waals surface area (Å²) in [5, 5.41) is 0.759. The van der Waals surface area contributed by atoms with E-state index < -0.39 is 0 Å². The van der Waals surface area contributed by atoms with E-state index in [0.717, 1.165) is 5.40 Å². The van der Waals surface area contributed by atoms with Crippen molar-refractivity contribution < 1.29 is 0 Å². The molecule has 0 aliphatic carbocycles. The fraction of sp³-hybridized carbons (Fsp3) is 1.00. The van der Waals surface area contributed by atoms with Crippen molar-refractivity contribution in [2.24, 2.45) is 0 Å². The lowest BCUT2D eigenvalue weighted by molar-refractivity contribution is 0.499. The molecule has 10 heavy (non-hydrogen) atoms. The zero-order valence-corrected chi connectivity index (χ0v) is 8.30. The van der Waals surface area contributed by atoms with Gasteiger partial charge >= 0.3 is 5.40 Å².